The second kappa shape index (κ2) is 68.8. The topological polar surface area (TPSA) is 237 Å². The molecule has 0 bridgehead atoms. The lowest BCUT2D eigenvalue weighted by atomic mass is 9.99. The van der Waals surface area contributed by atoms with Crippen molar-refractivity contribution >= 4 is 39.5 Å². The summed E-state index contributed by atoms with van der Waals surface area (Å²) in [6, 6.07) is 0. The minimum Gasteiger partial charge on any atom is -0.462 e. The third kappa shape index (κ3) is 67.9. The summed E-state index contributed by atoms with van der Waals surface area (Å²) in [5, 5.41) is 10.6. The summed E-state index contributed by atoms with van der Waals surface area (Å²) in [7, 11) is -9.91. The van der Waals surface area contributed by atoms with Crippen LogP contribution in [0.25, 0.3) is 0 Å². The van der Waals surface area contributed by atoms with E-state index in [1.807, 2.05) is 0 Å². The van der Waals surface area contributed by atoms with Gasteiger partial charge in [-0.1, -0.05) is 350 Å². The lowest BCUT2D eigenvalue weighted by Gasteiger charge is -2.21. The molecule has 3 N–H and O–H groups in total. The monoisotopic (exact) mass is 1410 g/mol. The van der Waals surface area contributed by atoms with Crippen LogP contribution in [-0.2, 0) is 65.4 Å². The Morgan fingerprint density at radius 3 is 0.740 bits per heavy atom. The minimum absolute atomic E-state index is 0.105. The summed E-state index contributed by atoms with van der Waals surface area (Å²) < 4.78 is 68.6. The van der Waals surface area contributed by atoms with Crippen molar-refractivity contribution in [1.82, 2.24) is 0 Å². The standard InChI is InChI=1S/C77H150O17P2/c1-7-11-13-15-17-19-21-23-24-25-26-27-28-29-30-32-34-43-49-55-61-76(81)93-72(66-88-75(80)60-54-48-42-37-35-39-45-51-57-69(5)9-3)67-91-95(83,84)89-63-71(78)64-90-96(85,86)92-68-73(94-77(82)62-56-50-44-38-36-40-46-52-58-70(6)10-4)65-87-74(79)59-53-47-41-33-31-22-20-18-16-14-12-8-2/h69-73,78H,7-68H2,1-6H3,(H,83,84)(H,85,86)/t69?,70?,71-,72-,73-/m1/s1. The molecule has 0 rings (SSSR count). The molecule has 96 heavy (non-hydrogen) atoms. The lowest BCUT2D eigenvalue weighted by Crippen LogP contribution is -2.30. The number of rotatable bonds is 76. The van der Waals surface area contributed by atoms with Crippen LogP contribution in [0.15, 0.2) is 0 Å². The fraction of sp³-hybridized carbons (Fsp3) is 0.948. The Bertz CT molecular complexity index is 1860. The van der Waals surface area contributed by atoms with Gasteiger partial charge >= 0.3 is 39.5 Å². The van der Waals surface area contributed by atoms with E-state index in [-0.39, 0.29) is 25.7 Å². The molecule has 7 atom stereocenters. The number of aliphatic hydroxyl groups is 1. The molecule has 0 saturated heterocycles. The smallest absolute Gasteiger partial charge is 0.462 e. The number of hydrogen-bond acceptors (Lipinski definition) is 15. The maximum atomic E-state index is 13.1. The molecule has 0 aliphatic carbocycles. The number of phosphoric ester groups is 2. The highest BCUT2D eigenvalue weighted by Crippen LogP contribution is 2.45. The normalized spacial score (nSPS) is 14.6. The van der Waals surface area contributed by atoms with Crippen molar-refractivity contribution in [2.75, 3.05) is 39.6 Å². The number of unbranched alkanes of at least 4 members (excludes halogenated alkanes) is 44. The van der Waals surface area contributed by atoms with Crippen LogP contribution in [0.2, 0.25) is 0 Å². The molecule has 4 unspecified atom stereocenters. The maximum absolute atomic E-state index is 13.1. The van der Waals surface area contributed by atoms with Crippen molar-refractivity contribution in [2.45, 2.75) is 419 Å². The molecule has 0 saturated carbocycles. The van der Waals surface area contributed by atoms with Crippen molar-refractivity contribution in [3.05, 3.63) is 0 Å². The Balaban J connectivity index is 5.23. The summed E-state index contributed by atoms with van der Waals surface area (Å²) in [4.78, 5) is 72.8. The van der Waals surface area contributed by atoms with E-state index in [1.165, 1.54) is 218 Å². The molecule has 0 heterocycles. The van der Waals surface area contributed by atoms with Gasteiger partial charge in [-0.3, -0.25) is 37.3 Å². The zero-order chi connectivity index (χ0) is 70.7. The van der Waals surface area contributed by atoms with Crippen LogP contribution < -0.4 is 0 Å². The van der Waals surface area contributed by atoms with Gasteiger partial charge in [0, 0.05) is 25.7 Å². The van der Waals surface area contributed by atoms with Gasteiger partial charge in [-0.15, -0.1) is 0 Å². The third-order valence-corrected chi connectivity index (χ3v) is 20.6. The molecule has 0 aromatic heterocycles. The van der Waals surface area contributed by atoms with E-state index in [4.69, 9.17) is 37.0 Å². The fourth-order valence-electron chi connectivity index (χ4n) is 11.8. The fourth-order valence-corrected chi connectivity index (χ4v) is 13.3. The molecule has 0 aromatic rings. The zero-order valence-corrected chi connectivity index (χ0v) is 64.5. The highest BCUT2D eigenvalue weighted by atomic mass is 31.2. The van der Waals surface area contributed by atoms with E-state index in [1.54, 1.807) is 0 Å². The molecule has 0 spiro atoms. The summed E-state index contributed by atoms with van der Waals surface area (Å²) >= 11 is 0. The molecule has 0 radical (unpaired) electrons. The van der Waals surface area contributed by atoms with Crippen LogP contribution in [0.5, 0.6) is 0 Å². The summed E-state index contributed by atoms with van der Waals surface area (Å²) in [5.74, 6) is -0.569. The van der Waals surface area contributed by atoms with Gasteiger partial charge in [0.05, 0.1) is 26.4 Å². The number of phosphoric acid groups is 2. The van der Waals surface area contributed by atoms with Gasteiger partial charge < -0.3 is 33.8 Å². The summed E-state index contributed by atoms with van der Waals surface area (Å²) in [6.07, 6.45) is 56.8. The van der Waals surface area contributed by atoms with E-state index in [2.05, 4.69) is 41.5 Å². The molecular weight excluding hydrogens is 1260 g/mol. The quantitative estimate of drug-likeness (QED) is 0.0222. The Kier molecular flexibility index (Phi) is 67.4. The minimum atomic E-state index is -4.96. The number of carbonyl (C=O) groups is 4. The van der Waals surface area contributed by atoms with Crippen molar-refractivity contribution in [1.29, 1.82) is 0 Å². The number of carbonyl (C=O) groups excluding carboxylic acids is 4. The Morgan fingerprint density at radius 2 is 0.500 bits per heavy atom. The van der Waals surface area contributed by atoms with Gasteiger partial charge in [0.1, 0.15) is 19.3 Å². The second-order valence-electron chi connectivity index (χ2n) is 28.2. The van der Waals surface area contributed by atoms with Crippen LogP contribution in [0.4, 0.5) is 0 Å². The van der Waals surface area contributed by atoms with E-state index >= 15 is 0 Å². The number of hydrogen-bond donors (Lipinski definition) is 3. The van der Waals surface area contributed by atoms with Gasteiger partial charge in [0.15, 0.2) is 12.2 Å². The van der Waals surface area contributed by atoms with Crippen molar-refractivity contribution in [2.24, 2.45) is 11.8 Å². The highest BCUT2D eigenvalue weighted by molar-refractivity contribution is 7.47. The third-order valence-electron chi connectivity index (χ3n) is 18.7. The molecule has 17 nitrogen and oxygen atoms in total. The Morgan fingerprint density at radius 1 is 0.292 bits per heavy atom. The Labute approximate surface area is 588 Å². The first-order chi connectivity index (χ1) is 46.4. The first-order valence-electron chi connectivity index (χ1n) is 40.1. The van der Waals surface area contributed by atoms with E-state index in [9.17, 15) is 43.2 Å². The van der Waals surface area contributed by atoms with Gasteiger partial charge in [0.25, 0.3) is 0 Å². The second-order valence-corrected chi connectivity index (χ2v) is 31.1. The van der Waals surface area contributed by atoms with Crippen LogP contribution in [-0.4, -0.2) is 96.7 Å². The van der Waals surface area contributed by atoms with Crippen LogP contribution in [0.1, 0.15) is 401 Å². The summed E-state index contributed by atoms with van der Waals surface area (Å²) in [5.41, 5.74) is 0. The lowest BCUT2D eigenvalue weighted by molar-refractivity contribution is -0.161. The van der Waals surface area contributed by atoms with Crippen molar-refractivity contribution in [3.63, 3.8) is 0 Å². The van der Waals surface area contributed by atoms with E-state index in [0.717, 1.165) is 102 Å². The van der Waals surface area contributed by atoms with Crippen molar-refractivity contribution < 1.29 is 80.2 Å². The number of ether oxygens (including phenoxy) is 4. The van der Waals surface area contributed by atoms with Crippen molar-refractivity contribution in [3.8, 4) is 0 Å². The average molecular weight is 1410 g/mol. The maximum Gasteiger partial charge on any atom is 0.472 e. The first kappa shape index (κ1) is 94.1. The molecule has 19 heteroatoms. The average Bonchev–Trinajstić information content (AvgIpc) is 1.55. The number of esters is 4. The molecule has 0 fully saturated rings. The SMILES string of the molecule is CCCCCCCCCCCCCCCCCCCCCCC(=O)O[C@H](COC(=O)CCCCCCCCCCC(C)CC)COP(=O)(O)OC[C@@H](O)COP(=O)(O)OC[C@@H](COC(=O)CCCCCCCCCCCCCC)OC(=O)CCCCCCCCCCC(C)CC. The highest BCUT2D eigenvalue weighted by Gasteiger charge is 2.30. The van der Waals surface area contributed by atoms with Crippen LogP contribution in [0, 0.1) is 11.8 Å². The van der Waals surface area contributed by atoms with Gasteiger partial charge in [-0.25, -0.2) is 9.13 Å². The van der Waals surface area contributed by atoms with Gasteiger partial charge in [0.2, 0.25) is 0 Å². The molecule has 570 valence electrons. The molecular formula is C77H150O17P2. The number of aliphatic hydroxyl groups excluding tert-OH is 1. The predicted molar refractivity (Wildman–Crippen MR) is 391 cm³/mol. The van der Waals surface area contributed by atoms with E-state index < -0.39 is 97.5 Å². The summed E-state index contributed by atoms with van der Waals surface area (Å²) in [6.45, 7) is 9.60. The van der Waals surface area contributed by atoms with E-state index in [0.29, 0.717) is 25.7 Å². The zero-order valence-electron chi connectivity index (χ0n) is 62.7. The Hall–Kier alpha value is -1.94. The molecule has 0 aliphatic rings. The molecule has 0 amide bonds. The first-order valence-corrected chi connectivity index (χ1v) is 43.1. The van der Waals surface area contributed by atoms with Crippen LogP contribution >= 0.6 is 15.6 Å². The molecule has 0 aliphatic heterocycles. The van der Waals surface area contributed by atoms with Gasteiger partial charge in [-0.2, -0.15) is 0 Å². The molecule has 0 aromatic carbocycles. The van der Waals surface area contributed by atoms with Crippen LogP contribution in [0.3, 0.4) is 0 Å². The predicted octanol–water partition coefficient (Wildman–Crippen LogP) is 22.7. The van der Waals surface area contributed by atoms with Gasteiger partial charge in [-0.05, 0) is 37.5 Å². The largest absolute Gasteiger partial charge is 0.472 e.